The normalized spacial score (nSPS) is 12.8. The lowest BCUT2D eigenvalue weighted by atomic mass is 9.67. The maximum absolute atomic E-state index is 4.23. The van der Waals surface area contributed by atoms with E-state index in [2.05, 4.69) is 304 Å². The molecule has 0 amide bonds. The second kappa shape index (κ2) is 19.5. The van der Waals surface area contributed by atoms with Gasteiger partial charge in [-0.25, -0.2) is 0 Å². The first-order valence-electron chi connectivity index (χ1n) is 25.2. The first-order chi connectivity index (χ1) is 36.1. The highest BCUT2D eigenvalue weighted by atomic mass is 15.1. The summed E-state index contributed by atoms with van der Waals surface area (Å²) in [5.41, 5.74) is 22.1. The van der Waals surface area contributed by atoms with Crippen molar-refractivity contribution in [3.05, 3.63) is 331 Å². The Morgan fingerprint density at radius 1 is 0.411 bits per heavy atom. The molecule has 73 heavy (non-hydrogen) atoms. The van der Waals surface area contributed by atoms with E-state index >= 15 is 0 Å². The second-order valence-electron chi connectivity index (χ2n) is 18.9. The number of rotatable bonds is 12. The first kappa shape index (κ1) is 44.9. The third kappa shape index (κ3) is 8.12. The summed E-state index contributed by atoms with van der Waals surface area (Å²) in [6, 6.07) is 99.5. The zero-order valence-electron chi connectivity index (χ0n) is 40.9. The number of nitrogens with zero attached hydrogens (tertiary/aromatic N) is 1. The molecule has 0 unspecified atom stereocenters. The van der Waals surface area contributed by atoms with Crippen molar-refractivity contribution >= 4 is 39.0 Å². The third-order valence-electron chi connectivity index (χ3n) is 14.8. The number of hydrogen-bond donors (Lipinski definition) is 0. The Morgan fingerprint density at radius 2 is 0.945 bits per heavy atom. The van der Waals surface area contributed by atoms with Crippen molar-refractivity contribution in [2.45, 2.75) is 12.3 Å². The molecule has 0 N–H and O–H groups in total. The highest BCUT2D eigenvalue weighted by Gasteiger charge is 2.46. The van der Waals surface area contributed by atoms with Gasteiger partial charge < -0.3 is 4.90 Å². The predicted molar refractivity (Wildman–Crippen MR) is 311 cm³/mol. The van der Waals surface area contributed by atoms with Crippen LogP contribution in [-0.2, 0) is 5.41 Å². The molecule has 0 heterocycles. The van der Waals surface area contributed by atoms with Crippen LogP contribution in [0.2, 0.25) is 0 Å². The van der Waals surface area contributed by atoms with Crippen LogP contribution < -0.4 is 4.90 Å². The Kier molecular flexibility index (Phi) is 12.0. The van der Waals surface area contributed by atoms with Crippen LogP contribution in [-0.4, -0.2) is 0 Å². The summed E-state index contributed by atoms with van der Waals surface area (Å²) in [7, 11) is 0. The molecule has 0 saturated heterocycles. The molecule has 1 aliphatic carbocycles. The molecule has 0 aliphatic heterocycles. The molecule has 0 spiro atoms. The van der Waals surface area contributed by atoms with Crippen LogP contribution in [0.15, 0.2) is 298 Å². The van der Waals surface area contributed by atoms with Gasteiger partial charge in [0.25, 0.3) is 0 Å². The molecule has 346 valence electrons. The SMILES string of the molecule is C=C/C(=C\C=C(/C)c1cccc(N(c2ccc(-c3cccc4c3-c3ccccc3C4(c3ccccc3)c3ccccc3)cc2)c2ccccc2-c2ccc(-c3ccccc3)cc2)c1)c1cccc2ccccc12. The summed E-state index contributed by atoms with van der Waals surface area (Å²) in [5.74, 6) is 0. The van der Waals surface area contributed by atoms with Crippen LogP contribution >= 0.6 is 0 Å². The van der Waals surface area contributed by atoms with Gasteiger partial charge in [0.1, 0.15) is 0 Å². The lowest BCUT2D eigenvalue weighted by Gasteiger charge is -2.34. The zero-order valence-corrected chi connectivity index (χ0v) is 40.9. The molecule has 12 rings (SSSR count). The molecule has 0 saturated carbocycles. The minimum absolute atomic E-state index is 0.471. The third-order valence-corrected chi connectivity index (χ3v) is 14.8. The fraction of sp³-hybridized carbons (Fsp3) is 0.0278. The van der Waals surface area contributed by atoms with Crippen molar-refractivity contribution in [2.75, 3.05) is 4.90 Å². The number of hydrogen-bond acceptors (Lipinski definition) is 1. The van der Waals surface area contributed by atoms with Crippen LogP contribution in [0.3, 0.4) is 0 Å². The first-order valence-corrected chi connectivity index (χ1v) is 25.2. The van der Waals surface area contributed by atoms with E-state index in [0.29, 0.717) is 0 Å². The minimum Gasteiger partial charge on any atom is -0.310 e. The van der Waals surface area contributed by atoms with Gasteiger partial charge in [0, 0.05) is 16.9 Å². The summed E-state index contributed by atoms with van der Waals surface area (Å²) < 4.78 is 0. The smallest absolute Gasteiger partial charge is 0.0713 e. The Bertz CT molecular complexity index is 3800. The van der Waals surface area contributed by atoms with Gasteiger partial charge in [-0.3, -0.25) is 0 Å². The molecule has 1 nitrogen and oxygen atoms in total. The molecule has 1 heteroatoms. The highest BCUT2D eigenvalue weighted by Crippen LogP contribution is 2.58. The topological polar surface area (TPSA) is 3.24 Å². The summed E-state index contributed by atoms with van der Waals surface area (Å²) in [4.78, 5) is 2.42. The van der Waals surface area contributed by atoms with Crippen molar-refractivity contribution in [1.29, 1.82) is 0 Å². The molecule has 1 aliphatic rings. The van der Waals surface area contributed by atoms with Gasteiger partial charge in [0.2, 0.25) is 0 Å². The van der Waals surface area contributed by atoms with Gasteiger partial charge in [-0.05, 0) is 131 Å². The van der Waals surface area contributed by atoms with Crippen molar-refractivity contribution in [1.82, 2.24) is 0 Å². The summed E-state index contributed by atoms with van der Waals surface area (Å²) in [5, 5.41) is 2.43. The van der Waals surface area contributed by atoms with Gasteiger partial charge in [-0.15, -0.1) is 0 Å². The maximum Gasteiger partial charge on any atom is 0.0713 e. The van der Waals surface area contributed by atoms with E-state index in [1.54, 1.807) is 0 Å². The van der Waals surface area contributed by atoms with Gasteiger partial charge in [-0.1, -0.05) is 267 Å². The van der Waals surface area contributed by atoms with E-state index in [4.69, 9.17) is 0 Å². The van der Waals surface area contributed by atoms with Crippen LogP contribution in [0.25, 0.3) is 66.4 Å². The monoisotopic (exact) mass is 931 g/mol. The van der Waals surface area contributed by atoms with Crippen LogP contribution in [0.1, 0.15) is 40.3 Å². The number of para-hydroxylation sites is 1. The summed E-state index contributed by atoms with van der Waals surface area (Å²) in [6.07, 6.45) is 6.38. The lowest BCUT2D eigenvalue weighted by molar-refractivity contribution is 0.768. The molecule has 11 aromatic carbocycles. The van der Waals surface area contributed by atoms with Gasteiger partial charge >= 0.3 is 0 Å². The number of benzene rings is 11. The van der Waals surface area contributed by atoms with Crippen LogP contribution in [0.4, 0.5) is 17.1 Å². The Labute approximate surface area is 429 Å². The fourth-order valence-corrected chi connectivity index (χ4v) is 11.3. The van der Waals surface area contributed by atoms with Gasteiger partial charge in [0.05, 0.1) is 11.1 Å². The standard InChI is InChI=1S/C72H53N/c1-3-52(63-35-20-25-55-24-13-14-32-64(55)63)41-40-51(2)58-26-19-31-62(50-58)73(70-39-18-16-33-65(70)56-44-42-54(43-45-56)53-22-7-4-8-23-53)61-48-46-57(47-49-61)66-36-21-38-69-71(66)67-34-15-17-37-68(67)72(69,59-27-9-5-10-28-59)60-29-11-6-12-30-60/h3-50H,1H2,2H3/b51-40+,52-41+. The van der Waals surface area contributed by atoms with Crippen molar-refractivity contribution in [3.63, 3.8) is 0 Å². The molecule has 0 atom stereocenters. The van der Waals surface area contributed by atoms with Crippen LogP contribution in [0, 0.1) is 0 Å². The molecular formula is C72H53N. The Balaban J connectivity index is 0.981. The van der Waals surface area contributed by atoms with E-state index in [1.165, 1.54) is 72.0 Å². The molecule has 0 aromatic heterocycles. The minimum atomic E-state index is -0.471. The molecule has 0 radical (unpaired) electrons. The molecule has 11 aromatic rings. The van der Waals surface area contributed by atoms with E-state index in [0.717, 1.165) is 44.9 Å². The Hall–Kier alpha value is -9.30. The maximum atomic E-state index is 4.23. The fourth-order valence-electron chi connectivity index (χ4n) is 11.3. The van der Waals surface area contributed by atoms with E-state index < -0.39 is 5.41 Å². The number of fused-ring (bicyclic) bond motifs is 4. The number of anilines is 3. The zero-order chi connectivity index (χ0) is 49.1. The molecular weight excluding hydrogens is 879 g/mol. The molecule has 0 bridgehead atoms. The van der Waals surface area contributed by atoms with E-state index in [-0.39, 0.29) is 0 Å². The molecule has 0 fully saturated rings. The van der Waals surface area contributed by atoms with E-state index in [1.807, 2.05) is 6.08 Å². The average molecular weight is 932 g/mol. The van der Waals surface area contributed by atoms with E-state index in [9.17, 15) is 0 Å². The van der Waals surface area contributed by atoms with Crippen molar-refractivity contribution < 1.29 is 0 Å². The average Bonchev–Trinajstić information content (AvgIpc) is 3.78. The largest absolute Gasteiger partial charge is 0.310 e. The highest BCUT2D eigenvalue weighted by molar-refractivity contribution is 5.98. The number of allylic oxidation sites excluding steroid dienone is 5. The predicted octanol–water partition coefficient (Wildman–Crippen LogP) is 19.3. The van der Waals surface area contributed by atoms with Crippen molar-refractivity contribution in [2.24, 2.45) is 0 Å². The van der Waals surface area contributed by atoms with Crippen LogP contribution in [0.5, 0.6) is 0 Å². The quantitative estimate of drug-likeness (QED) is 0.110. The van der Waals surface area contributed by atoms with Gasteiger partial charge in [-0.2, -0.15) is 0 Å². The second-order valence-corrected chi connectivity index (χ2v) is 18.9. The summed E-state index contributed by atoms with van der Waals surface area (Å²) in [6.45, 7) is 6.43. The summed E-state index contributed by atoms with van der Waals surface area (Å²) >= 11 is 0. The lowest BCUT2D eigenvalue weighted by Crippen LogP contribution is -2.28. The Morgan fingerprint density at radius 3 is 1.68 bits per heavy atom. The van der Waals surface area contributed by atoms with Gasteiger partial charge in [0.15, 0.2) is 0 Å². The van der Waals surface area contributed by atoms with Crippen molar-refractivity contribution in [3.8, 4) is 44.5 Å².